The minimum Gasteiger partial charge on any atom is -0.322 e. The number of hydrogen-bond donors (Lipinski definition) is 2. The zero-order chi connectivity index (χ0) is 12.8. The molecule has 1 aromatic heterocycles. The molecular formula is C14H15N3O. The molecule has 92 valence electrons. The standard InChI is InChI=1S/C14H15N3O/c1-15-9-11-5-2-3-7-13(11)17-14(18)12-6-4-8-16-10-12/h2-8,10,15H,9H2,1H3,(H,17,18). The Labute approximate surface area is 106 Å². The third-order valence-corrected chi connectivity index (χ3v) is 2.56. The Morgan fingerprint density at radius 2 is 2.06 bits per heavy atom. The third-order valence-electron chi connectivity index (χ3n) is 2.56. The molecule has 2 rings (SSSR count). The summed E-state index contributed by atoms with van der Waals surface area (Å²) in [5.41, 5.74) is 2.43. The molecule has 1 amide bonds. The molecule has 2 aromatic rings. The number of aromatic nitrogens is 1. The number of pyridine rings is 1. The summed E-state index contributed by atoms with van der Waals surface area (Å²) in [5, 5.41) is 5.97. The molecule has 0 saturated carbocycles. The molecule has 18 heavy (non-hydrogen) atoms. The number of carbonyl (C=O) groups excluding carboxylic acids is 1. The first-order chi connectivity index (χ1) is 8.81. The van der Waals surface area contributed by atoms with Gasteiger partial charge in [0.05, 0.1) is 5.56 Å². The molecule has 0 saturated heterocycles. The third kappa shape index (κ3) is 2.93. The van der Waals surface area contributed by atoms with Crippen LogP contribution in [-0.4, -0.2) is 17.9 Å². The fraction of sp³-hybridized carbons (Fsp3) is 0.143. The highest BCUT2D eigenvalue weighted by atomic mass is 16.1. The van der Waals surface area contributed by atoms with Gasteiger partial charge in [0.2, 0.25) is 0 Å². The lowest BCUT2D eigenvalue weighted by molar-refractivity contribution is 0.102. The smallest absolute Gasteiger partial charge is 0.257 e. The van der Waals surface area contributed by atoms with Crippen LogP contribution in [0.25, 0.3) is 0 Å². The molecule has 1 aromatic carbocycles. The van der Waals surface area contributed by atoms with E-state index in [9.17, 15) is 4.79 Å². The fourth-order valence-corrected chi connectivity index (χ4v) is 1.68. The Balaban J connectivity index is 2.17. The van der Waals surface area contributed by atoms with Gasteiger partial charge >= 0.3 is 0 Å². The van der Waals surface area contributed by atoms with Crippen LogP contribution in [0.2, 0.25) is 0 Å². The minimum atomic E-state index is -0.147. The molecule has 4 heteroatoms. The van der Waals surface area contributed by atoms with E-state index >= 15 is 0 Å². The van der Waals surface area contributed by atoms with Crippen molar-refractivity contribution in [1.82, 2.24) is 10.3 Å². The largest absolute Gasteiger partial charge is 0.322 e. The van der Waals surface area contributed by atoms with Crippen molar-refractivity contribution >= 4 is 11.6 Å². The van der Waals surface area contributed by atoms with Crippen LogP contribution in [0, 0.1) is 0 Å². The normalized spacial score (nSPS) is 10.1. The van der Waals surface area contributed by atoms with Crippen LogP contribution in [0.3, 0.4) is 0 Å². The summed E-state index contributed by atoms with van der Waals surface area (Å²) in [5.74, 6) is -0.147. The predicted octanol–water partition coefficient (Wildman–Crippen LogP) is 2.05. The number of rotatable bonds is 4. The first kappa shape index (κ1) is 12.3. The molecule has 0 aliphatic heterocycles. The number of nitrogens with one attached hydrogen (secondary N) is 2. The van der Waals surface area contributed by atoms with Crippen LogP contribution >= 0.6 is 0 Å². The van der Waals surface area contributed by atoms with Crippen LogP contribution in [-0.2, 0) is 6.54 Å². The van der Waals surface area contributed by atoms with E-state index in [1.807, 2.05) is 31.3 Å². The van der Waals surface area contributed by atoms with Crippen LogP contribution in [0.1, 0.15) is 15.9 Å². The predicted molar refractivity (Wildman–Crippen MR) is 71.4 cm³/mol. The average Bonchev–Trinajstić information content (AvgIpc) is 2.42. The summed E-state index contributed by atoms with van der Waals surface area (Å²) in [4.78, 5) is 15.9. The summed E-state index contributed by atoms with van der Waals surface area (Å²) >= 11 is 0. The number of benzene rings is 1. The van der Waals surface area contributed by atoms with Crippen molar-refractivity contribution in [3.8, 4) is 0 Å². The number of para-hydroxylation sites is 1. The van der Waals surface area contributed by atoms with E-state index in [2.05, 4.69) is 15.6 Å². The van der Waals surface area contributed by atoms with E-state index in [0.717, 1.165) is 11.3 Å². The second-order valence-electron chi connectivity index (χ2n) is 3.88. The molecule has 0 aliphatic carbocycles. The summed E-state index contributed by atoms with van der Waals surface area (Å²) in [6, 6.07) is 11.2. The van der Waals surface area contributed by atoms with Crippen LogP contribution in [0.15, 0.2) is 48.8 Å². The van der Waals surface area contributed by atoms with E-state index in [1.54, 1.807) is 24.5 Å². The van der Waals surface area contributed by atoms with Crippen molar-refractivity contribution in [2.24, 2.45) is 0 Å². The van der Waals surface area contributed by atoms with E-state index in [0.29, 0.717) is 12.1 Å². The molecule has 0 fully saturated rings. The first-order valence-electron chi connectivity index (χ1n) is 5.75. The lowest BCUT2D eigenvalue weighted by atomic mass is 10.1. The summed E-state index contributed by atoms with van der Waals surface area (Å²) < 4.78 is 0. The number of amides is 1. The zero-order valence-electron chi connectivity index (χ0n) is 10.2. The van der Waals surface area contributed by atoms with Crippen molar-refractivity contribution in [2.75, 3.05) is 12.4 Å². The Kier molecular flexibility index (Phi) is 4.04. The molecule has 0 unspecified atom stereocenters. The van der Waals surface area contributed by atoms with Crippen molar-refractivity contribution in [2.45, 2.75) is 6.54 Å². The van der Waals surface area contributed by atoms with E-state index in [1.165, 1.54) is 0 Å². The highest BCUT2D eigenvalue weighted by Crippen LogP contribution is 2.15. The summed E-state index contributed by atoms with van der Waals surface area (Å²) in [6.45, 7) is 0.712. The van der Waals surface area contributed by atoms with Gasteiger partial charge in [0.1, 0.15) is 0 Å². The van der Waals surface area contributed by atoms with Crippen molar-refractivity contribution in [3.05, 3.63) is 59.9 Å². The Morgan fingerprint density at radius 1 is 1.22 bits per heavy atom. The molecule has 0 atom stereocenters. The lowest BCUT2D eigenvalue weighted by Crippen LogP contribution is -2.15. The van der Waals surface area contributed by atoms with Gasteiger partial charge in [-0.15, -0.1) is 0 Å². The van der Waals surface area contributed by atoms with Crippen LogP contribution in [0.4, 0.5) is 5.69 Å². The van der Waals surface area contributed by atoms with Gasteiger partial charge in [-0.2, -0.15) is 0 Å². The Hall–Kier alpha value is -2.20. The molecule has 0 radical (unpaired) electrons. The monoisotopic (exact) mass is 241 g/mol. The quantitative estimate of drug-likeness (QED) is 0.861. The van der Waals surface area contributed by atoms with Crippen molar-refractivity contribution in [1.29, 1.82) is 0 Å². The number of carbonyl (C=O) groups is 1. The Bertz CT molecular complexity index is 526. The number of nitrogens with zero attached hydrogens (tertiary/aromatic N) is 1. The summed E-state index contributed by atoms with van der Waals surface area (Å²) in [7, 11) is 1.87. The molecular weight excluding hydrogens is 226 g/mol. The summed E-state index contributed by atoms with van der Waals surface area (Å²) in [6.07, 6.45) is 3.20. The molecule has 0 aliphatic rings. The molecule has 4 nitrogen and oxygen atoms in total. The second kappa shape index (κ2) is 5.93. The Morgan fingerprint density at radius 3 is 2.78 bits per heavy atom. The van der Waals surface area contributed by atoms with Crippen molar-refractivity contribution in [3.63, 3.8) is 0 Å². The highest BCUT2D eigenvalue weighted by molar-refractivity contribution is 6.04. The van der Waals surface area contributed by atoms with Gasteiger partial charge in [-0.05, 0) is 30.8 Å². The van der Waals surface area contributed by atoms with Crippen molar-refractivity contribution < 1.29 is 4.79 Å². The van der Waals surface area contributed by atoms with Gasteiger partial charge in [-0.3, -0.25) is 9.78 Å². The SMILES string of the molecule is CNCc1ccccc1NC(=O)c1cccnc1. The fourth-order valence-electron chi connectivity index (χ4n) is 1.68. The maximum atomic E-state index is 12.0. The molecule has 0 bridgehead atoms. The van der Waals surface area contributed by atoms with Gasteiger partial charge in [0, 0.05) is 24.6 Å². The zero-order valence-corrected chi connectivity index (χ0v) is 10.2. The van der Waals surface area contributed by atoms with Gasteiger partial charge in [-0.1, -0.05) is 18.2 Å². The molecule has 1 heterocycles. The van der Waals surface area contributed by atoms with Crippen LogP contribution in [0.5, 0.6) is 0 Å². The molecule has 2 N–H and O–H groups in total. The molecule has 0 spiro atoms. The van der Waals surface area contributed by atoms with Gasteiger partial charge in [-0.25, -0.2) is 0 Å². The van der Waals surface area contributed by atoms with E-state index in [4.69, 9.17) is 0 Å². The average molecular weight is 241 g/mol. The van der Waals surface area contributed by atoms with Gasteiger partial charge < -0.3 is 10.6 Å². The van der Waals surface area contributed by atoms with E-state index in [-0.39, 0.29) is 5.91 Å². The van der Waals surface area contributed by atoms with Crippen LogP contribution < -0.4 is 10.6 Å². The van der Waals surface area contributed by atoms with Gasteiger partial charge in [0.15, 0.2) is 0 Å². The lowest BCUT2D eigenvalue weighted by Gasteiger charge is -2.10. The maximum Gasteiger partial charge on any atom is 0.257 e. The van der Waals surface area contributed by atoms with E-state index < -0.39 is 0 Å². The number of hydrogen-bond acceptors (Lipinski definition) is 3. The maximum absolute atomic E-state index is 12.0. The topological polar surface area (TPSA) is 54.0 Å². The first-order valence-corrected chi connectivity index (χ1v) is 5.75. The highest BCUT2D eigenvalue weighted by Gasteiger charge is 2.08. The minimum absolute atomic E-state index is 0.147. The number of anilines is 1. The van der Waals surface area contributed by atoms with Gasteiger partial charge in [0.25, 0.3) is 5.91 Å². The second-order valence-corrected chi connectivity index (χ2v) is 3.88.